The van der Waals surface area contributed by atoms with Gasteiger partial charge in [0, 0.05) is 18.0 Å². The van der Waals surface area contributed by atoms with Crippen LogP contribution in [0.2, 0.25) is 0 Å². The summed E-state index contributed by atoms with van der Waals surface area (Å²) in [6.07, 6.45) is 3.17. The second-order valence-electron chi connectivity index (χ2n) is 8.57. The molecule has 1 aromatic carbocycles. The molecule has 2 rings (SSSR count). The van der Waals surface area contributed by atoms with Crippen molar-refractivity contribution in [2.75, 3.05) is 13.1 Å². The van der Waals surface area contributed by atoms with Crippen molar-refractivity contribution in [3.05, 3.63) is 60.1 Å². The third-order valence-electron chi connectivity index (χ3n) is 5.12. The smallest absolute Gasteiger partial charge is 0.242 e. The maximum atomic E-state index is 13.2. The highest BCUT2D eigenvalue weighted by atomic mass is 16.3. The summed E-state index contributed by atoms with van der Waals surface area (Å²) in [6.45, 7) is 10.8. The largest absolute Gasteiger partial charge is 0.467 e. The normalized spacial score (nSPS) is 12.4. The Balaban J connectivity index is 2.16. The third kappa shape index (κ3) is 6.77. The zero-order valence-electron chi connectivity index (χ0n) is 18.4. The minimum atomic E-state index is -0.528. The van der Waals surface area contributed by atoms with Gasteiger partial charge in [-0.1, -0.05) is 58.0 Å². The van der Waals surface area contributed by atoms with E-state index in [9.17, 15) is 9.59 Å². The summed E-state index contributed by atoms with van der Waals surface area (Å²) in [6, 6.07) is 13.8. The lowest BCUT2D eigenvalue weighted by Crippen LogP contribution is -2.50. The molecular formula is C24H34N2O3. The number of amides is 2. The molecule has 1 aromatic heterocycles. The van der Waals surface area contributed by atoms with E-state index in [-0.39, 0.29) is 24.4 Å². The molecule has 0 saturated heterocycles. The lowest BCUT2D eigenvalue weighted by molar-refractivity contribution is -0.148. The van der Waals surface area contributed by atoms with Gasteiger partial charge in [-0.05, 0) is 37.5 Å². The van der Waals surface area contributed by atoms with Crippen LogP contribution in [-0.2, 0) is 22.6 Å². The van der Waals surface area contributed by atoms with Gasteiger partial charge in [0.25, 0.3) is 0 Å². The van der Waals surface area contributed by atoms with Crippen molar-refractivity contribution in [1.82, 2.24) is 9.80 Å². The van der Waals surface area contributed by atoms with Gasteiger partial charge in [0.1, 0.15) is 12.3 Å². The molecule has 0 aliphatic heterocycles. The molecule has 0 unspecified atom stereocenters. The third-order valence-corrected chi connectivity index (χ3v) is 5.12. The van der Waals surface area contributed by atoms with Crippen LogP contribution in [0.1, 0.15) is 52.4 Å². The van der Waals surface area contributed by atoms with E-state index in [1.54, 1.807) is 16.1 Å². The van der Waals surface area contributed by atoms with Crippen LogP contribution >= 0.6 is 0 Å². The van der Waals surface area contributed by atoms with Crippen LogP contribution in [-0.4, -0.2) is 40.7 Å². The van der Waals surface area contributed by atoms with Crippen molar-refractivity contribution in [2.24, 2.45) is 5.41 Å². The van der Waals surface area contributed by atoms with E-state index in [4.69, 9.17) is 4.42 Å². The zero-order valence-corrected chi connectivity index (χ0v) is 18.4. The van der Waals surface area contributed by atoms with Crippen LogP contribution in [0.3, 0.4) is 0 Å². The Morgan fingerprint density at radius 3 is 2.31 bits per heavy atom. The molecule has 158 valence electrons. The molecule has 0 saturated carbocycles. The maximum Gasteiger partial charge on any atom is 0.242 e. The number of hydrogen-bond acceptors (Lipinski definition) is 3. The number of furan rings is 1. The fourth-order valence-electron chi connectivity index (χ4n) is 3.12. The Kier molecular flexibility index (Phi) is 8.06. The monoisotopic (exact) mass is 398 g/mol. The van der Waals surface area contributed by atoms with Crippen molar-refractivity contribution >= 4 is 11.8 Å². The minimum Gasteiger partial charge on any atom is -0.467 e. The van der Waals surface area contributed by atoms with Crippen LogP contribution in [0.15, 0.2) is 53.1 Å². The molecule has 0 fully saturated rings. The summed E-state index contributed by atoms with van der Waals surface area (Å²) in [5.74, 6) is 0.681. The molecule has 0 radical (unpaired) electrons. The first-order valence-electron chi connectivity index (χ1n) is 10.4. The standard InChI is InChI=1S/C24H34N2O3/c1-6-19(2)26(23(28)24(3,4)5)18-22(27)25(17-21-13-10-16-29-21)15-14-20-11-8-7-9-12-20/h7-13,16,19H,6,14-15,17-18H2,1-5H3/t19-/m1/s1. The van der Waals surface area contributed by atoms with Crippen LogP contribution in [0.5, 0.6) is 0 Å². The maximum absolute atomic E-state index is 13.2. The van der Waals surface area contributed by atoms with Crippen LogP contribution in [0, 0.1) is 5.41 Å². The number of carbonyl (C=O) groups excluding carboxylic acids is 2. The Morgan fingerprint density at radius 1 is 1.07 bits per heavy atom. The van der Waals surface area contributed by atoms with Gasteiger partial charge < -0.3 is 14.2 Å². The van der Waals surface area contributed by atoms with Gasteiger partial charge in [0.2, 0.25) is 11.8 Å². The second-order valence-corrected chi connectivity index (χ2v) is 8.57. The highest BCUT2D eigenvalue weighted by molar-refractivity contribution is 5.87. The summed E-state index contributed by atoms with van der Waals surface area (Å²) in [5.41, 5.74) is 0.647. The summed E-state index contributed by atoms with van der Waals surface area (Å²) in [4.78, 5) is 29.7. The Labute approximate surface area is 174 Å². The van der Waals surface area contributed by atoms with E-state index in [0.29, 0.717) is 13.1 Å². The van der Waals surface area contributed by atoms with Gasteiger partial charge in [0.15, 0.2) is 0 Å². The molecule has 5 nitrogen and oxygen atoms in total. The minimum absolute atomic E-state index is 0.00112. The van der Waals surface area contributed by atoms with Gasteiger partial charge in [-0.15, -0.1) is 0 Å². The second kappa shape index (κ2) is 10.3. The van der Waals surface area contributed by atoms with Crippen molar-refractivity contribution in [3.63, 3.8) is 0 Å². The van der Waals surface area contributed by atoms with E-state index in [2.05, 4.69) is 12.1 Å². The van der Waals surface area contributed by atoms with Crippen molar-refractivity contribution in [2.45, 2.75) is 60.0 Å². The predicted octanol–water partition coefficient (Wildman–Crippen LogP) is 4.52. The first-order chi connectivity index (χ1) is 13.7. The SMILES string of the molecule is CC[C@@H](C)N(CC(=O)N(CCc1ccccc1)Cc1ccco1)C(=O)C(C)(C)C. The fraction of sp³-hybridized carbons (Fsp3) is 0.500. The first kappa shape index (κ1) is 22.7. The number of carbonyl (C=O) groups is 2. The Hall–Kier alpha value is -2.56. The van der Waals surface area contributed by atoms with Gasteiger partial charge in [0.05, 0.1) is 12.8 Å². The molecular weight excluding hydrogens is 364 g/mol. The predicted molar refractivity (Wildman–Crippen MR) is 115 cm³/mol. The number of benzene rings is 1. The lowest BCUT2D eigenvalue weighted by Gasteiger charge is -2.35. The van der Waals surface area contributed by atoms with Gasteiger partial charge in [-0.3, -0.25) is 9.59 Å². The molecule has 2 amide bonds. The fourth-order valence-corrected chi connectivity index (χ4v) is 3.12. The number of nitrogens with zero attached hydrogens (tertiary/aromatic N) is 2. The van der Waals surface area contributed by atoms with E-state index >= 15 is 0 Å². The average Bonchev–Trinajstić information content (AvgIpc) is 3.21. The molecule has 2 aromatic rings. The Morgan fingerprint density at radius 2 is 1.76 bits per heavy atom. The molecule has 1 heterocycles. The lowest BCUT2D eigenvalue weighted by atomic mass is 9.93. The molecule has 5 heteroatoms. The van der Waals surface area contributed by atoms with Crippen molar-refractivity contribution < 1.29 is 14.0 Å². The van der Waals surface area contributed by atoms with Crippen molar-refractivity contribution in [1.29, 1.82) is 0 Å². The highest BCUT2D eigenvalue weighted by Crippen LogP contribution is 2.21. The first-order valence-corrected chi connectivity index (χ1v) is 10.4. The van der Waals surface area contributed by atoms with E-state index in [1.165, 1.54) is 5.56 Å². The summed E-state index contributed by atoms with van der Waals surface area (Å²) in [7, 11) is 0. The molecule has 29 heavy (non-hydrogen) atoms. The average molecular weight is 399 g/mol. The molecule has 0 aliphatic carbocycles. The molecule has 0 N–H and O–H groups in total. The van der Waals surface area contributed by atoms with Crippen molar-refractivity contribution in [3.8, 4) is 0 Å². The molecule has 0 bridgehead atoms. The summed E-state index contributed by atoms with van der Waals surface area (Å²) < 4.78 is 5.47. The number of rotatable bonds is 9. The topological polar surface area (TPSA) is 53.8 Å². The molecule has 1 atom stereocenters. The summed E-state index contributed by atoms with van der Waals surface area (Å²) >= 11 is 0. The van der Waals surface area contributed by atoms with Crippen LogP contribution in [0.25, 0.3) is 0 Å². The number of hydrogen-bond donors (Lipinski definition) is 0. The van der Waals surface area contributed by atoms with Crippen LogP contribution < -0.4 is 0 Å². The quantitative estimate of drug-likeness (QED) is 0.624. The Bertz CT molecular complexity index is 763. The van der Waals surface area contributed by atoms with Gasteiger partial charge in [-0.25, -0.2) is 0 Å². The molecule has 0 spiro atoms. The zero-order chi connectivity index (χ0) is 21.4. The summed E-state index contributed by atoms with van der Waals surface area (Å²) in [5, 5.41) is 0. The van der Waals surface area contributed by atoms with E-state index < -0.39 is 5.41 Å². The molecule has 0 aliphatic rings. The highest BCUT2D eigenvalue weighted by Gasteiger charge is 2.32. The van der Waals surface area contributed by atoms with Crippen LogP contribution in [0.4, 0.5) is 0 Å². The van der Waals surface area contributed by atoms with Gasteiger partial charge in [-0.2, -0.15) is 0 Å². The van der Waals surface area contributed by atoms with E-state index in [0.717, 1.165) is 18.6 Å². The van der Waals surface area contributed by atoms with E-state index in [1.807, 2.05) is 65.0 Å². The van der Waals surface area contributed by atoms with Gasteiger partial charge >= 0.3 is 0 Å².